The molecule has 6 nitrogen and oxygen atoms in total. The number of pyridine rings is 1. The maximum Gasteiger partial charge on any atom is 0.357 e. The summed E-state index contributed by atoms with van der Waals surface area (Å²) in [6, 6.07) is 7.34. The fourth-order valence-electron chi connectivity index (χ4n) is 2.89. The van der Waals surface area contributed by atoms with Gasteiger partial charge in [0.05, 0.1) is 10.4 Å². The number of para-hydroxylation sites is 1. The molecule has 1 aromatic heterocycles. The lowest BCUT2D eigenvalue weighted by Crippen LogP contribution is -2.27. The summed E-state index contributed by atoms with van der Waals surface area (Å²) in [5, 5.41) is 12.1. The van der Waals surface area contributed by atoms with Crippen molar-refractivity contribution in [2.45, 2.75) is 12.8 Å². The van der Waals surface area contributed by atoms with Crippen molar-refractivity contribution in [2.24, 2.45) is 7.05 Å². The molecule has 0 radical (unpaired) electrons. The van der Waals surface area contributed by atoms with Gasteiger partial charge < -0.3 is 9.47 Å². The van der Waals surface area contributed by atoms with Gasteiger partial charge in [-0.15, -0.1) is 0 Å². The summed E-state index contributed by atoms with van der Waals surface area (Å²) in [5.41, 5.74) is 0.347. The van der Waals surface area contributed by atoms with Gasteiger partial charge in [0.2, 0.25) is 0 Å². The van der Waals surface area contributed by atoms with Gasteiger partial charge >= 0.3 is 11.2 Å². The van der Waals surface area contributed by atoms with E-state index in [9.17, 15) is 14.9 Å². The van der Waals surface area contributed by atoms with Crippen LogP contribution in [-0.2, 0) is 7.05 Å². The third-order valence-electron chi connectivity index (χ3n) is 3.86. The zero-order valence-electron chi connectivity index (χ0n) is 11.2. The zero-order valence-corrected chi connectivity index (χ0v) is 11.2. The van der Waals surface area contributed by atoms with Gasteiger partial charge in [-0.05, 0) is 18.9 Å². The molecule has 1 aliphatic rings. The largest absolute Gasteiger partial charge is 0.365 e. The fraction of sp³-hybridized carbons (Fsp3) is 0.357. The van der Waals surface area contributed by atoms with Gasteiger partial charge in [0.25, 0.3) is 0 Å². The molecular formula is C14H15N3O3. The van der Waals surface area contributed by atoms with Crippen molar-refractivity contribution in [3.05, 3.63) is 44.7 Å². The third-order valence-corrected chi connectivity index (χ3v) is 3.86. The van der Waals surface area contributed by atoms with Crippen LogP contribution in [0.15, 0.2) is 29.1 Å². The number of hydrogen-bond acceptors (Lipinski definition) is 4. The zero-order chi connectivity index (χ0) is 14.3. The van der Waals surface area contributed by atoms with Gasteiger partial charge in [0, 0.05) is 25.5 Å². The Morgan fingerprint density at radius 2 is 1.85 bits per heavy atom. The van der Waals surface area contributed by atoms with Crippen molar-refractivity contribution in [2.75, 3.05) is 18.0 Å². The van der Waals surface area contributed by atoms with Gasteiger partial charge in [-0.1, -0.05) is 18.2 Å². The van der Waals surface area contributed by atoms with E-state index in [0.717, 1.165) is 36.8 Å². The van der Waals surface area contributed by atoms with E-state index in [1.54, 1.807) is 7.05 Å². The molecule has 0 bridgehead atoms. The summed E-state index contributed by atoms with van der Waals surface area (Å²) >= 11 is 0. The molecule has 1 fully saturated rings. The standard InChI is InChI=1S/C14H15N3O3/c1-15-11-7-3-2-6-10(11)12(16-8-4-5-9-16)13(14(15)18)17(19)20/h2-3,6-7H,4-5,8-9H2,1H3. The van der Waals surface area contributed by atoms with Crippen LogP contribution in [-0.4, -0.2) is 22.6 Å². The second-order valence-electron chi connectivity index (χ2n) is 5.03. The first kappa shape index (κ1) is 12.7. The lowest BCUT2D eigenvalue weighted by Gasteiger charge is -2.20. The van der Waals surface area contributed by atoms with Crippen LogP contribution in [0.5, 0.6) is 0 Å². The molecule has 0 N–H and O–H groups in total. The molecule has 0 saturated carbocycles. The molecule has 1 aromatic carbocycles. The Morgan fingerprint density at radius 1 is 1.20 bits per heavy atom. The van der Waals surface area contributed by atoms with Crippen LogP contribution in [0.2, 0.25) is 0 Å². The Bertz CT molecular complexity index is 745. The van der Waals surface area contributed by atoms with Crippen molar-refractivity contribution in [1.29, 1.82) is 0 Å². The Balaban J connectivity index is 2.44. The molecule has 0 unspecified atom stereocenters. The highest BCUT2D eigenvalue weighted by Crippen LogP contribution is 2.34. The van der Waals surface area contributed by atoms with Crippen LogP contribution in [0, 0.1) is 10.1 Å². The van der Waals surface area contributed by atoms with Crippen LogP contribution in [0.3, 0.4) is 0 Å². The quantitative estimate of drug-likeness (QED) is 0.620. The van der Waals surface area contributed by atoms with E-state index < -0.39 is 10.5 Å². The average Bonchev–Trinajstić information content (AvgIpc) is 2.96. The maximum absolute atomic E-state index is 12.3. The summed E-state index contributed by atoms with van der Waals surface area (Å²) in [6.45, 7) is 1.52. The average molecular weight is 273 g/mol. The van der Waals surface area contributed by atoms with Crippen LogP contribution < -0.4 is 10.5 Å². The molecule has 20 heavy (non-hydrogen) atoms. The van der Waals surface area contributed by atoms with Crippen molar-refractivity contribution in [3.63, 3.8) is 0 Å². The van der Waals surface area contributed by atoms with Gasteiger partial charge in [0.15, 0.2) is 0 Å². The summed E-state index contributed by atoms with van der Waals surface area (Å²) in [4.78, 5) is 25.1. The van der Waals surface area contributed by atoms with Gasteiger partial charge in [0.1, 0.15) is 5.69 Å². The maximum atomic E-state index is 12.3. The van der Waals surface area contributed by atoms with Crippen molar-refractivity contribution in [3.8, 4) is 0 Å². The Hall–Kier alpha value is -2.37. The first-order valence-corrected chi connectivity index (χ1v) is 6.62. The first-order chi connectivity index (χ1) is 9.61. The smallest absolute Gasteiger partial charge is 0.357 e. The molecule has 0 amide bonds. The van der Waals surface area contributed by atoms with Crippen LogP contribution in [0.4, 0.5) is 11.4 Å². The van der Waals surface area contributed by atoms with E-state index in [1.165, 1.54) is 4.57 Å². The number of benzene rings is 1. The lowest BCUT2D eigenvalue weighted by atomic mass is 10.1. The second-order valence-corrected chi connectivity index (χ2v) is 5.03. The van der Waals surface area contributed by atoms with Gasteiger partial charge in [-0.25, -0.2) is 0 Å². The monoisotopic (exact) mass is 273 g/mol. The van der Waals surface area contributed by atoms with E-state index in [2.05, 4.69) is 0 Å². The predicted molar refractivity (Wildman–Crippen MR) is 77.3 cm³/mol. The molecule has 1 aliphatic heterocycles. The highest BCUT2D eigenvalue weighted by Gasteiger charge is 2.29. The molecule has 0 aliphatic carbocycles. The van der Waals surface area contributed by atoms with Crippen LogP contribution in [0.1, 0.15) is 12.8 Å². The molecule has 104 valence electrons. The number of aromatic nitrogens is 1. The molecule has 0 spiro atoms. The number of nitrogens with zero attached hydrogens (tertiary/aromatic N) is 3. The fourth-order valence-corrected chi connectivity index (χ4v) is 2.89. The predicted octanol–water partition coefficient (Wildman–Crippen LogP) is 2.05. The Morgan fingerprint density at radius 3 is 2.50 bits per heavy atom. The topological polar surface area (TPSA) is 68.4 Å². The highest BCUT2D eigenvalue weighted by atomic mass is 16.6. The molecule has 1 saturated heterocycles. The van der Waals surface area contributed by atoms with Gasteiger partial charge in [-0.2, -0.15) is 0 Å². The summed E-state index contributed by atoms with van der Waals surface area (Å²) in [6.07, 6.45) is 2.00. The van der Waals surface area contributed by atoms with E-state index in [-0.39, 0.29) is 5.69 Å². The van der Waals surface area contributed by atoms with Crippen LogP contribution >= 0.6 is 0 Å². The highest BCUT2D eigenvalue weighted by molar-refractivity contribution is 5.96. The van der Waals surface area contributed by atoms with Gasteiger partial charge in [-0.3, -0.25) is 14.9 Å². The van der Waals surface area contributed by atoms with E-state index in [1.807, 2.05) is 29.2 Å². The van der Waals surface area contributed by atoms with Crippen molar-refractivity contribution in [1.82, 2.24) is 4.57 Å². The molecular weight excluding hydrogens is 258 g/mol. The normalized spacial score (nSPS) is 14.9. The summed E-state index contributed by atoms with van der Waals surface area (Å²) in [5.74, 6) is 0. The number of rotatable bonds is 2. The number of anilines is 1. The third kappa shape index (κ3) is 1.76. The molecule has 2 heterocycles. The van der Waals surface area contributed by atoms with Crippen molar-refractivity contribution >= 4 is 22.3 Å². The summed E-state index contributed by atoms with van der Waals surface area (Å²) < 4.78 is 1.35. The Labute approximate surface area is 115 Å². The number of fused-ring (bicyclic) bond motifs is 1. The van der Waals surface area contributed by atoms with Crippen molar-refractivity contribution < 1.29 is 4.92 Å². The second kappa shape index (κ2) is 4.63. The SMILES string of the molecule is Cn1c(=O)c([N+](=O)[O-])c(N2CCCC2)c2ccccc21. The number of aryl methyl sites for hydroxylation is 1. The minimum atomic E-state index is -0.553. The minimum Gasteiger partial charge on any atom is -0.365 e. The first-order valence-electron chi connectivity index (χ1n) is 6.62. The van der Waals surface area contributed by atoms with E-state index in [4.69, 9.17) is 0 Å². The van der Waals surface area contributed by atoms with E-state index >= 15 is 0 Å². The Kier molecular flexibility index (Phi) is 2.93. The number of hydrogen-bond donors (Lipinski definition) is 0. The number of nitro groups is 1. The molecule has 6 heteroatoms. The molecule has 0 atom stereocenters. The molecule has 3 rings (SSSR count). The van der Waals surface area contributed by atoms with Crippen LogP contribution in [0.25, 0.3) is 10.9 Å². The van der Waals surface area contributed by atoms with E-state index in [0.29, 0.717) is 5.69 Å². The minimum absolute atomic E-state index is 0.312. The lowest BCUT2D eigenvalue weighted by molar-refractivity contribution is -0.385. The molecule has 2 aromatic rings. The summed E-state index contributed by atoms with van der Waals surface area (Å²) in [7, 11) is 1.57.